The molecule has 5 atom stereocenters. The molecule has 1 saturated heterocycles. The van der Waals surface area contributed by atoms with Crippen LogP contribution in [0.4, 0.5) is 4.79 Å². The van der Waals surface area contributed by atoms with Gasteiger partial charge in [0.05, 0.1) is 22.3 Å². The van der Waals surface area contributed by atoms with E-state index < -0.39 is 72.9 Å². The summed E-state index contributed by atoms with van der Waals surface area (Å²) in [5.74, 6) is -1.19. The van der Waals surface area contributed by atoms with Crippen molar-refractivity contribution >= 4 is 30.0 Å². The van der Waals surface area contributed by atoms with Gasteiger partial charge in [-0.1, -0.05) is 78.7 Å². The molecule has 1 aliphatic rings. The molecule has 0 aromatic heterocycles. The SMILES string of the molecule is C#CC(C)(C)OC(=O)OC1O[C@H](COC(=O)c2ccccc2)[C@@H](OC(=O)c2ccccc2)[C@H](OC(=O)c2ccccc2)[C@H]1OC(=O)c1ccccc1. The Morgan fingerprint density at radius 1 is 0.577 bits per heavy atom. The molecule has 0 N–H and O–H groups in total. The third kappa shape index (κ3) is 9.62. The van der Waals surface area contributed by atoms with E-state index in [1.54, 1.807) is 72.8 Å². The van der Waals surface area contributed by atoms with E-state index >= 15 is 0 Å². The van der Waals surface area contributed by atoms with Crippen molar-refractivity contribution in [2.75, 3.05) is 6.61 Å². The van der Waals surface area contributed by atoms with Gasteiger partial charge in [-0.2, -0.15) is 0 Å². The van der Waals surface area contributed by atoms with Crippen molar-refractivity contribution in [2.24, 2.45) is 0 Å². The maximum absolute atomic E-state index is 13.6. The summed E-state index contributed by atoms with van der Waals surface area (Å²) in [7, 11) is 0. The van der Waals surface area contributed by atoms with Gasteiger partial charge in [0.15, 0.2) is 17.8 Å². The number of terminal acetylenes is 1. The van der Waals surface area contributed by atoms with Crippen molar-refractivity contribution in [2.45, 2.75) is 50.2 Å². The lowest BCUT2D eigenvalue weighted by molar-refractivity contribution is -0.287. The lowest BCUT2D eigenvalue weighted by Gasteiger charge is -2.43. The van der Waals surface area contributed by atoms with Crippen LogP contribution in [0.2, 0.25) is 0 Å². The molecule has 4 aromatic carbocycles. The van der Waals surface area contributed by atoms with Crippen molar-refractivity contribution < 1.29 is 57.1 Å². The number of carbonyl (C=O) groups excluding carboxylic acids is 5. The Balaban J connectivity index is 1.57. The molecule has 12 nitrogen and oxygen atoms in total. The number of benzene rings is 4. The van der Waals surface area contributed by atoms with E-state index in [0.29, 0.717) is 0 Å². The van der Waals surface area contributed by atoms with Gasteiger partial charge in [-0.25, -0.2) is 24.0 Å². The molecule has 0 saturated carbocycles. The van der Waals surface area contributed by atoms with Gasteiger partial charge in [-0.15, -0.1) is 6.42 Å². The summed E-state index contributed by atoms with van der Waals surface area (Å²) in [4.78, 5) is 66.9. The summed E-state index contributed by atoms with van der Waals surface area (Å²) in [6.07, 6.45) is -4.31. The van der Waals surface area contributed by atoms with Crippen molar-refractivity contribution in [3.63, 3.8) is 0 Å². The average molecular weight is 707 g/mol. The molecule has 0 bridgehead atoms. The molecule has 4 aromatic rings. The summed E-state index contributed by atoms with van der Waals surface area (Å²) in [5.41, 5.74) is -0.936. The highest BCUT2D eigenvalue weighted by Crippen LogP contribution is 2.32. The maximum Gasteiger partial charge on any atom is 0.512 e. The van der Waals surface area contributed by atoms with Crippen molar-refractivity contribution in [1.82, 2.24) is 0 Å². The van der Waals surface area contributed by atoms with E-state index in [2.05, 4.69) is 5.92 Å². The van der Waals surface area contributed by atoms with Crippen molar-refractivity contribution in [3.8, 4) is 12.3 Å². The zero-order chi connectivity index (χ0) is 37.1. The molecule has 1 heterocycles. The minimum atomic E-state index is -1.88. The van der Waals surface area contributed by atoms with E-state index in [1.807, 2.05) is 0 Å². The van der Waals surface area contributed by atoms with Crippen LogP contribution in [0.15, 0.2) is 121 Å². The number of rotatable bonds is 11. The highest BCUT2D eigenvalue weighted by molar-refractivity contribution is 5.91. The molecule has 52 heavy (non-hydrogen) atoms. The molecule has 12 heteroatoms. The van der Waals surface area contributed by atoms with Crippen LogP contribution in [-0.2, 0) is 33.2 Å². The van der Waals surface area contributed by atoms with Crippen molar-refractivity contribution in [3.05, 3.63) is 144 Å². The van der Waals surface area contributed by atoms with Gasteiger partial charge in [-0.05, 0) is 62.4 Å². The number of ether oxygens (including phenoxy) is 7. The first kappa shape index (κ1) is 36.8. The van der Waals surface area contributed by atoms with E-state index in [-0.39, 0.29) is 22.3 Å². The molecule has 0 spiro atoms. The lowest BCUT2D eigenvalue weighted by Crippen LogP contribution is -2.63. The summed E-state index contributed by atoms with van der Waals surface area (Å²) in [6, 6.07) is 31.6. The van der Waals surface area contributed by atoms with E-state index in [1.165, 1.54) is 62.4 Å². The Hall–Kier alpha value is -6.45. The molecule has 0 amide bonds. The predicted molar refractivity (Wildman–Crippen MR) is 183 cm³/mol. The van der Waals surface area contributed by atoms with Gasteiger partial charge in [0, 0.05) is 0 Å². The van der Waals surface area contributed by atoms with Gasteiger partial charge in [0.1, 0.15) is 12.7 Å². The maximum atomic E-state index is 13.6. The molecule has 0 aliphatic carbocycles. The second kappa shape index (κ2) is 17.0. The first-order chi connectivity index (χ1) is 25.0. The fourth-order valence-corrected chi connectivity index (χ4v) is 4.98. The Labute approximate surface area is 299 Å². The Kier molecular flexibility index (Phi) is 12.0. The molecule has 0 radical (unpaired) electrons. The van der Waals surface area contributed by atoms with Crippen LogP contribution in [-0.4, -0.2) is 72.9 Å². The molecule has 1 fully saturated rings. The normalized spacial score (nSPS) is 19.5. The Bertz CT molecular complexity index is 1890. The first-order valence-electron chi connectivity index (χ1n) is 16.1. The molecular formula is C40H34O12. The van der Waals surface area contributed by atoms with Gasteiger partial charge in [-0.3, -0.25) is 0 Å². The van der Waals surface area contributed by atoms with Crippen molar-refractivity contribution in [1.29, 1.82) is 0 Å². The van der Waals surface area contributed by atoms with Crippen LogP contribution in [0.25, 0.3) is 0 Å². The van der Waals surface area contributed by atoms with E-state index in [4.69, 9.17) is 39.6 Å². The van der Waals surface area contributed by atoms with Gasteiger partial charge in [0.2, 0.25) is 12.4 Å². The second-order valence-electron chi connectivity index (χ2n) is 11.8. The largest absolute Gasteiger partial charge is 0.512 e. The minimum absolute atomic E-state index is 0.0853. The first-order valence-corrected chi connectivity index (χ1v) is 16.1. The Morgan fingerprint density at radius 2 is 0.962 bits per heavy atom. The zero-order valence-electron chi connectivity index (χ0n) is 28.1. The van der Waals surface area contributed by atoms with Gasteiger partial charge in [0.25, 0.3) is 0 Å². The third-order valence-electron chi connectivity index (χ3n) is 7.64. The summed E-state index contributed by atoms with van der Waals surface area (Å²) in [5, 5.41) is 0. The van der Waals surface area contributed by atoms with E-state index in [9.17, 15) is 24.0 Å². The lowest BCUT2D eigenvalue weighted by atomic mass is 9.97. The monoisotopic (exact) mass is 706 g/mol. The number of esters is 4. The summed E-state index contributed by atoms with van der Waals surface area (Å²) < 4.78 is 40.2. The molecule has 266 valence electrons. The number of carbonyl (C=O) groups is 5. The Morgan fingerprint density at radius 3 is 1.38 bits per heavy atom. The molecule has 5 rings (SSSR count). The zero-order valence-corrected chi connectivity index (χ0v) is 28.1. The fraction of sp³-hybridized carbons (Fsp3) is 0.225. The molecular weight excluding hydrogens is 672 g/mol. The van der Waals surface area contributed by atoms with Crippen LogP contribution in [0.1, 0.15) is 55.3 Å². The topological polar surface area (TPSA) is 150 Å². The standard InChI is InChI=1S/C40H34O12/c1-4-40(2,3)52-39(45)51-38-33(50-37(44)29-23-15-8-16-24-29)32(49-36(43)28-21-13-7-14-22-28)31(48-35(42)27-19-11-6-12-20-27)30(47-38)25-46-34(41)26-17-9-5-10-18-26/h1,5-24,30-33,38H,25H2,2-3H3/t30-,31-,32+,33-,38?/m1/s1. The second-order valence-corrected chi connectivity index (χ2v) is 11.8. The minimum Gasteiger partial charge on any atom is -0.459 e. The van der Waals surface area contributed by atoms with Crippen LogP contribution >= 0.6 is 0 Å². The third-order valence-corrected chi connectivity index (χ3v) is 7.64. The molecule has 1 unspecified atom stereocenters. The highest BCUT2D eigenvalue weighted by Gasteiger charge is 2.55. The van der Waals surface area contributed by atoms with Crippen LogP contribution < -0.4 is 0 Å². The number of hydrogen-bond donors (Lipinski definition) is 0. The molecule has 1 aliphatic heterocycles. The smallest absolute Gasteiger partial charge is 0.459 e. The van der Waals surface area contributed by atoms with Gasteiger partial charge < -0.3 is 33.2 Å². The number of hydrogen-bond acceptors (Lipinski definition) is 12. The van der Waals surface area contributed by atoms with E-state index in [0.717, 1.165) is 0 Å². The highest BCUT2D eigenvalue weighted by atomic mass is 16.8. The van der Waals surface area contributed by atoms with Gasteiger partial charge >= 0.3 is 30.0 Å². The fourth-order valence-electron chi connectivity index (χ4n) is 4.98. The quantitative estimate of drug-likeness (QED) is 0.105. The van der Waals surface area contributed by atoms with Crippen LogP contribution in [0, 0.1) is 12.3 Å². The van der Waals surface area contributed by atoms with Crippen LogP contribution in [0.5, 0.6) is 0 Å². The summed E-state index contributed by atoms with van der Waals surface area (Å²) in [6.45, 7) is 2.25. The predicted octanol–water partition coefficient (Wildman–Crippen LogP) is 5.81. The summed E-state index contributed by atoms with van der Waals surface area (Å²) >= 11 is 0. The van der Waals surface area contributed by atoms with Crippen LogP contribution in [0.3, 0.4) is 0 Å². The average Bonchev–Trinajstić information content (AvgIpc) is 3.17.